The number of fused-ring (bicyclic) bond motifs is 4. The Morgan fingerprint density at radius 2 is 2.04 bits per heavy atom. The molecule has 1 aromatic carbocycles. The molecule has 1 amide bonds. The van der Waals surface area contributed by atoms with Crippen LogP contribution in [0.25, 0.3) is 10.1 Å². The van der Waals surface area contributed by atoms with E-state index in [0.717, 1.165) is 4.88 Å². The number of hydrogen-bond acceptors (Lipinski definition) is 3. The topological polar surface area (TPSA) is 32.3 Å². The molecule has 3 fully saturated rings. The van der Waals surface area contributed by atoms with Crippen LogP contribution in [0.5, 0.6) is 0 Å². The Labute approximate surface area is 141 Å². The summed E-state index contributed by atoms with van der Waals surface area (Å²) < 4.78 is 1.23. The van der Waals surface area contributed by atoms with Gasteiger partial charge in [0, 0.05) is 16.3 Å². The second-order valence-corrected chi connectivity index (χ2v) is 8.59. The number of nitrogens with one attached hydrogen (secondary N) is 1. The van der Waals surface area contributed by atoms with Crippen LogP contribution >= 0.6 is 11.3 Å². The number of aryl methyl sites for hydroxylation is 1. The molecular weight excluding hydrogens is 304 g/mol. The van der Waals surface area contributed by atoms with E-state index in [-0.39, 0.29) is 17.5 Å². The van der Waals surface area contributed by atoms with Crippen molar-refractivity contribution in [3.8, 4) is 0 Å². The third kappa shape index (κ3) is 2.39. The highest BCUT2D eigenvalue weighted by Crippen LogP contribution is 2.39. The molecule has 3 saturated heterocycles. The minimum Gasteiger partial charge on any atom is -0.346 e. The zero-order valence-electron chi connectivity index (χ0n) is 14.1. The Morgan fingerprint density at radius 1 is 1.30 bits per heavy atom. The molecule has 4 heteroatoms. The fraction of sp³-hybridized carbons (Fsp3) is 0.526. The van der Waals surface area contributed by atoms with Crippen molar-refractivity contribution >= 4 is 27.3 Å². The van der Waals surface area contributed by atoms with Crippen molar-refractivity contribution in [2.24, 2.45) is 5.92 Å². The number of thiophene rings is 1. The lowest BCUT2D eigenvalue weighted by Crippen LogP contribution is -2.69. The van der Waals surface area contributed by atoms with Crippen molar-refractivity contribution < 1.29 is 4.79 Å². The lowest BCUT2D eigenvalue weighted by Gasteiger charge is -2.56. The summed E-state index contributed by atoms with van der Waals surface area (Å²) >= 11 is 1.62. The molecule has 5 rings (SSSR count). The fourth-order valence-electron chi connectivity index (χ4n) is 4.41. The molecule has 3 aliphatic heterocycles. The van der Waals surface area contributed by atoms with Crippen LogP contribution in [0, 0.1) is 12.8 Å². The minimum atomic E-state index is 0.0590. The van der Waals surface area contributed by atoms with Crippen LogP contribution in [-0.4, -0.2) is 35.5 Å². The van der Waals surface area contributed by atoms with Crippen LogP contribution in [0.1, 0.15) is 41.9 Å². The Kier molecular flexibility index (Phi) is 3.50. The highest BCUT2D eigenvalue weighted by molar-refractivity contribution is 7.21. The summed E-state index contributed by atoms with van der Waals surface area (Å²) in [5.41, 5.74) is 1.30. The first-order valence-corrected chi connectivity index (χ1v) is 9.33. The molecule has 1 aromatic heterocycles. The van der Waals surface area contributed by atoms with E-state index in [1.807, 2.05) is 6.07 Å². The predicted molar refractivity (Wildman–Crippen MR) is 96.2 cm³/mol. The predicted octanol–water partition coefficient (Wildman–Crippen LogP) is 3.81. The van der Waals surface area contributed by atoms with E-state index in [1.165, 1.54) is 41.6 Å². The number of carbonyl (C=O) groups is 1. The normalized spacial score (nSPS) is 28.9. The largest absolute Gasteiger partial charge is 0.346 e. The van der Waals surface area contributed by atoms with Crippen molar-refractivity contribution in [3.63, 3.8) is 0 Å². The second kappa shape index (κ2) is 5.32. The number of amides is 1. The summed E-state index contributed by atoms with van der Waals surface area (Å²) in [6, 6.07) is 8.55. The molecule has 1 atom stereocenters. The molecule has 3 aliphatic rings. The van der Waals surface area contributed by atoms with Gasteiger partial charge in [-0.15, -0.1) is 11.3 Å². The molecule has 1 unspecified atom stereocenters. The standard InChI is InChI=1S/C19H24N2OS/c1-12-5-4-6-14-11-15(23-16(12)14)18(22)20-17-13-7-9-21(10-8-13)19(17,2)3/h4-6,11,13,17H,7-10H2,1-3H3,(H,20,22). The van der Waals surface area contributed by atoms with E-state index in [0.29, 0.717) is 5.92 Å². The monoisotopic (exact) mass is 328 g/mol. The summed E-state index contributed by atoms with van der Waals surface area (Å²) in [4.78, 5) is 16.2. The van der Waals surface area contributed by atoms with Gasteiger partial charge in [-0.05, 0) is 69.6 Å². The average molecular weight is 328 g/mol. The Hall–Kier alpha value is -1.39. The molecule has 3 nitrogen and oxygen atoms in total. The SMILES string of the molecule is Cc1cccc2cc(C(=O)NC3C4CCN(CC4)C3(C)C)sc12. The number of carbonyl (C=O) groups excluding carboxylic acids is 1. The number of hydrogen-bond donors (Lipinski definition) is 1. The summed E-state index contributed by atoms with van der Waals surface area (Å²) in [5, 5.41) is 4.54. The van der Waals surface area contributed by atoms with E-state index in [1.54, 1.807) is 11.3 Å². The van der Waals surface area contributed by atoms with Crippen molar-refractivity contribution in [1.29, 1.82) is 0 Å². The Balaban J connectivity index is 1.60. The maximum Gasteiger partial charge on any atom is 0.261 e. The van der Waals surface area contributed by atoms with Gasteiger partial charge in [0.15, 0.2) is 0 Å². The van der Waals surface area contributed by atoms with Gasteiger partial charge in [0.1, 0.15) is 0 Å². The zero-order valence-corrected chi connectivity index (χ0v) is 14.9. The molecule has 0 radical (unpaired) electrons. The molecule has 2 bridgehead atoms. The quantitative estimate of drug-likeness (QED) is 0.909. The first-order chi connectivity index (χ1) is 11.0. The van der Waals surface area contributed by atoms with Crippen LogP contribution in [0.4, 0.5) is 0 Å². The second-order valence-electron chi connectivity index (χ2n) is 7.53. The number of benzene rings is 1. The van der Waals surface area contributed by atoms with Crippen LogP contribution in [0.3, 0.4) is 0 Å². The Bertz CT molecular complexity index is 756. The maximum atomic E-state index is 12.8. The summed E-state index contributed by atoms with van der Waals surface area (Å²) in [7, 11) is 0. The van der Waals surface area contributed by atoms with Gasteiger partial charge in [-0.2, -0.15) is 0 Å². The van der Waals surface area contributed by atoms with Gasteiger partial charge in [-0.25, -0.2) is 0 Å². The molecule has 0 spiro atoms. The van der Waals surface area contributed by atoms with Crippen LogP contribution < -0.4 is 5.32 Å². The molecule has 4 heterocycles. The summed E-state index contributed by atoms with van der Waals surface area (Å²) in [6.07, 6.45) is 2.42. The highest BCUT2D eigenvalue weighted by Gasteiger charge is 2.48. The molecule has 0 saturated carbocycles. The van der Waals surface area contributed by atoms with Crippen molar-refractivity contribution in [2.45, 2.75) is 45.2 Å². The molecule has 122 valence electrons. The minimum absolute atomic E-state index is 0.0590. The smallest absolute Gasteiger partial charge is 0.261 e. The van der Waals surface area contributed by atoms with Crippen LogP contribution in [-0.2, 0) is 0 Å². The van der Waals surface area contributed by atoms with E-state index >= 15 is 0 Å². The lowest BCUT2D eigenvalue weighted by atomic mass is 9.72. The number of nitrogens with zero attached hydrogens (tertiary/aromatic N) is 1. The van der Waals surface area contributed by atoms with Gasteiger partial charge in [-0.3, -0.25) is 9.69 Å². The van der Waals surface area contributed by atoms with E-state index in [9.17, 15) is 4.79 Å². The fourth-order valence-corrected chi connectivity index (χ4v) is 5.44. The van der Waals surface area contributed by atoms with Gasteiger partial charge in [0.05, 0.1) is 4.88 Å². The highest BCUT2D eigenvalue weighted by atomic mass is 32.1. The van der Waals surface area contributed by atoms with Gasteiger partial charge in [0.25, 0.3) is 5.91 Å². The van der Waals surface area contributed by atoms with E-state index < -0.39 is 0 Å². The number of rotatable bonds is 2. The maximum absolute atomic E-state index is 12.8. The summed E-state index contributed by atoms with van der Waals surface area (Å²) in [5.74, 6) is 0.715. The van der Waals surface area contributed by atoms with Crippen LogP contribution in [0.15, 0.2) is 24.3 Å². The van der Waals surface area contributed by atoms with Gasteiger partial charge >= 0.3 is 0 Å². The third-order valence-corrected chi connectivity index (χ3v) is 7.12. The molecule has 2 aromatic rings. The first kappa shape index (κ1) is 15.2. The molecule has 23 heavy (non-hydrogen) atoms. The van der Waals surface area contributed by atoms with Crippen LogP contribution in [0.2, 0.25) is 0 Å². The van der Waals surface area contributed by atoms with Gasteiger partial charge < -0.3 is 5.32 Å². The van der Waals surface area contributed by atoms with Gasteiger partial charge in [0.2, 0.25) is 0 Å². The van der Waals surface area contributed by atoms with Gasteiger partial charge in [-0.1, -0.05) is 18.2 Å². The van der Waals surface area contributed by atoms with E-state index in [2.05, 4.69) is 49.2 Å². The lowest BCUT2D eigenvalue weighted by molar-refractivity contribution is -0.0377. The zero-order chi connectivity index (χ0) is 16.2. The van der Waals surface area contributed by atoms with E-state index in [4.69, 9.17) is 0 Å². The first-order valence-electron chi connectivity index (χ1n) is 8.52. The average Bonchev–Trinajstić information content (AvgIpc) is 2.97. The van der Waals surface area contributed by atoms with Crippen molar-refractivity contribution in [3.05, 3.63) is 34.7 Å². The van der Waals surface area contributed by atoms with Crippen molar-refractivity contribution in [2.75, 3.05) is 13.1 Å². The van der Waals surface area contributed by atoms with Crippen molar-refractivity contribution in [1.82, 2.24) is 10.2 Å². The third-order valence-electron chi connectivity index (χ3n) is 5.84. The Morgan fingerprint density at radius 3 is 2.70 bits per heavy atom. The number of piperidine rings is 3. The molecule has 0 aliphatic carbocycles. The molecular formula is C19H24N2OS. The summed E-state index contributed by atoms with van der Waals surface area (Å²) in [6.45, 7) is 9.01. The molecule has 1 N–H and O–H groups in total.